The molecule has 0 bridgehead atoms. The molecule has 1 fully saturated rings. The van der Waals surface area contributed by atoms with Gasteiger partial charge in [0.2, 0.25) is 5.90 Å². The van der Waals surface area contributed by atoms with Crippen LogP contribution in [-0.4, -0.2) is 70.9 Å². The number of pyridine rings is 2. The number of amides is 2. The second-order valence-electron chi connectivity index (χ2n) is 8.28. The van der Waals surface area contributed by atoms with Crippen molar-refractivity contribution < 1.29 is 27.8 Å². The van der Waals surface area contributed by atoms with E-state index in [0.29, 0.717) is 49.4 Å². The van der Waals surface area contributed by atoms with Crippen molar-refractivity contribution in [2.24, 2.45) is 7.05 Å². The van der Waals surface area contributed by atoms with Crippen molar-refractivity contribution in [2.45, 2.75) is 25.1 Å². The maximum atomic E-state index is 13.2. The second kappa shape index (κ2) is 10.8. The number of nitrogens with zero attached hydrogens (tertiary/aromatic N) is 4. The van der Waals surface area contributed by atoms with E-state index in [0.717, 1.165) is 4.57 Å². The van der Waals surface area contributed by atoms with E-state index in [-0.39, 0.29) is 30.9 Å². The molecule has 0 aliphatic carbocycles. The number of aliphatic hydroxyl groups excluding tert-OH is 1. The Kier molecular flexibility index (Phi) is 8.07. The number of hydrogen-bond donors (Lipinski definition) is 4. The number of aliphatic hydroxyl groups is 1. The Hall–Kier alpha value is -3.81. The van der Waals surface area contributed by atoms with Crippen molar-refractivity contribution in [2.75, 3.05) is 49.3 Å². The van der Waals surface area contributed by atoms with Gasteiger partial charge in [-0.25, -0.2) is 9.78 Å². The third-order valence-corrected chi connectivity index (χ3v) is 5.98. The van der Waals surface area contributed by atoms with Gasteiger partial charge in [-0.3, -0.25) is 10.2 Å². The number of aryl methyl sites for hydroxylation is 1. The number of aromatic nitrogens is 2. The van der Waals surface area contributed by atoms with Crippen LogP contribution in [0.15, 0.2) is 29.3 Å². The molecule has 1 saturated heterocycles. The normalized spacial score (nSPS) is 14.4. The third kappa shape index (κ3) is 5.87. The molecule has 3 heterocycles. The molecule has 0 radical (unpaired) electrons. The van der Waals surface area contributed by atoms with Crippen LogP contribution in [0, 0.1) is 5.41 Å². The summed E-state index contributed by atoms with van der Waals surface area (Å²) in [6, 6.07) is 1.18. The molecule has 196 valence electrons. The highest BCUT2D eigenvalue weighted by atomic mass is 19.4. The van der Waals surface area contributed by atoms with E-state index >= 15 is 0 Å². The SMILES string of the molecule is COC(=N)c1cc(N2CCC(N(CCO)C(=O)Nc3cc(C(F)(F)F)cn(C)c3=O)CC2)cnc1N. The fourth-order valence-corrected chi connectivity index (χ4v) is 4.07. The number of carbonyl (C=O) groups is 1. The predicted octanol–water partition coefficient (Wildman–Crippen LogP) is 1.85. The quantitative estimate of drug-likeness (QED) is 0.341. The van der Waals surface area contributed by atoms with Gasteiger partial charge in [0.05, 0.1) is 36.7 Å². The summed E-state index contributed by atoms with van der Waals surface area (Å²) in [5.74, 6) is 0.0373. The van der Waals surface area contributed by atoms with Crippen molar-refractivity contribution in [3.8, 4) is 0 Å². The standard InChI is InChI=1S/C22H28F3N7O4/c1-30-12-13(22(23,24)25)9-17(20(30)34)29-21(35)32(7-8-33)14-3-5-31(6-4-14)15-10-16(19(27)36-2)18(26)28-11-15/h9-12,14,27,33H,3-8H2,1-2H3,(H2,26,28)(H,29,35). The van der Waals surface area contributed by atoms with Gasteiger partial charge in [0.25, 0.3) is 5.56 Å². The van der Waals surface area contributed by atoms with Gasteiger partial charge < -0.3 is 35.3 Å². The van der Waals surface area contributed by atoms with E-state index in [4.69, 9.17) is 15.9 Å². The molecule has 36 heavy (non-hydrogen) atoms. The molecular formula is C22H28F3N7O4. The first kappa shape index (κ1) is 26.8. The zero-order chi connectivity index (χ0) is 26.6. The number of anilines is 3. The van der Waals surface area contributed by atoms with Gasteiger partial charge in [-0.05, 0) is 25.0 Å². The number of rotatable bonds is 6. The highest BCUT2D eigenvalue weighted by Crippen LogP contribution is 2.30. The number of methoxy groups -OCH3 is 1. The number of urea groups is 1. The van der Waals surface area contributed by atoms with Crippen molar-refractivity contribution in [1.82, 2.24) is 14.5 Å². The number of halogens is 3. The van der Waals surface area contributed by atoms with Crippen LogP contribution >= 0.6 is 0 Å². The van der Waals surface area contributed by atoms with Gasteiger partial charge >= 0.3 is 12.2 Å². The molecule has 3 rings (SSSR count). The third-order valence-electron chi connectivity index (χ3n) is 5.98. The van der Waals surface area contributed by atoms with E-state index in [9.17, 15) is 27.9 Å². The first-order valence-electron chi connectivity index (χ1n) is 11.1. The van der Waals surface area contributed by atoms with Crippen LogP contribution in [0.2, 0.25) is 0 Å². The van der Waals surface area contributed by atoms with Crippen LogP contribution in [-0.2, 0) is 18.0 Å². The second-order valence-corrected chi connectivity index (χ2v) is 8.28. The van der Waals surface area contributed by atoms with Gasteiger partial charge in [0.15, 0.2) is 0 Å². The highest BCUT2D eigenvalue weighted by molar-refractivity contribution is 5.96. The number of alkyl halides is 3. The summed E-state index contributed by atoms with van der Waals surface area (Å²) >= 11 is 0. The van der Waals surface area contributed by atoms with E-state index < -0.39 is 29.0 Å². The van der Waals surface area contributed by atoms with E-state index in [1.807, 2.05) is 4.90 Å². The molecule has 5 N–H and O–H groups in total. The fraction of sp³-hybridized carbons (Fsp3) is 0.455. The van der Waals surface area contributed by atoms with E-state index in [1.165, 1.54) is 19.1 Å². The highest BCUT2D eigenvalue weighted by Gasteiger charge is 2.33. The summed E-state index contributed by atoms with van der Waals surface area (Å²) in [6.07, 6.45) is -1.50. The fourth-order valence-electron chi connectivity index (χ4n) is 4.07. The number of nitrogen functional groups attached to an aromatic ring is 1. The zero-order valence-corrected chi connectivity index (χ0v) is 19.8. The Morgan fingerprint density at radius 2 is 2.03 bits per heavy atom. The molecule has 2 aromatic rings. The maximum Gasteiger partial charge on any atom is 0.417 e. The minimum Gasteiger partial charge on any atom is -0.481 e. The van der Waals surface area contributed by atoms with Crippen LogP contribution in [0.3, 0.4) is 0 Å². The zero-order valence-electron chi connectivity index (χ0n) is 19.8. The van der Waals surface area contributed by atoms with Gasteiger partial charge in [-0.15, -0.1) is 0 Å². The Bertz CT molecular complexity index is 1180. The smallest absolute Gasteiger partial charge is 0.417 e. The minimum absolute atomic E-state index is 0.0612. The largest absolute Gasteiger partial charge is 0.481 e. The first-order valence-corrected chi connectivity index (χ1v) is 11.1. The van der Waals surface area contributed by atoms with Crippen molar-refractivity contribution in [1.29, 1.82) is 5.41 Å². The van der Waals surface area contributed by atoms with E-state index in [2.05, 4.69) is 10.3 Å². The summed E-state index contributed by atoms with van der Waals surface area (Å²) in [4.78, 5) is 32.7. The molecule has 0 spiro atoms. The average molecular weight is 512 g/mol. The molecule has 1 aliphatic heterocycles. The topological polar surface area (TPSA) is 150 Å². The van der Waals surface area contributed by atoms with Crippen molar-refractivity contribution >= 4 is 29.1 Å². The Balaban J connectivity index is 1.74. The Labute approximate surface area is 204 Å². The Morgan fingerprint density at radius 3 is 2.61 bits per heavy atom. The Morgan fingerprint density at radius 1 is 1.36 bits per heavy atom. The van der Waals surface area contributed by atoms with Crippen LogP contribution < -0.4 is 21.5 Å². The molecule has 11 nitrogen and oxygen atoms in total. The lowest BCUT2D eigenvalue weighted by atomic mass is 10.0. The van der Waals surface area contributed by atoms with Gasteiger partial charge in [0, 0.05) is 38.9 Å². The van der Waals surface area contributed by atoms with Crippen LogP contribution in [0.25, 0.3) is 0 Å². The van der Waals surface area contributed by atoms with Gasteiger partial charge in [-0.1, -0.05) is 0 Å². The molecule has 14 heteroatoms. The minimum atomic E-state index is -4.69. The number of hydrogen-bond acceptors (Lipinski definition) is 8. The molecule has 0 atom stereocenters. The van der Waals surface area contributed by atoms with E-state index in [1.54, 1.807) is 12.3 Å². The molecule has 0 aromatic carbocycles. The van der Waals surface area contributed by atoms with Crippen molar-refractivity contribution in [3.05, 3.63) is 46.0 Å². The maximum absolute atomic E-state index is 13.2. The number of piperidine rings is 1. The monoisotopic (exact) mass is 511 g/mol. The molecule has 0 saturated carbocycles. The van der Waals surface area contributed by atoms with Crippen LogP contribution in [0.5, 0.6) is 0 Å². The average Bonchev–Trinajstić information content (AvgIpc) is 2.84. The van der Waals surface area contributed by atoms with Crippen LogP contribution in [0.4, 0.5) is 35.2 Å². The summed E-state index contributed by atoms with van der Waals surface area (Å²) in [6.45, 7) is 0.570. The lowest BCUT2D eigenvalue weighted by Gasteiger charge is -2.39. The first-order chi connectivity index (χ1) is 17.0. The molecule has 0 unspecified atom stereocenters. The number of carbonyl (C=O) groups excluding carboxylic acids is 1. The number of nitrogens with one attached hydrogen (secondary N) is 2. The summed E-state index contributed by atoms with van der Waals surface area (Å²) in [7, 11) is 2.52. The molecule has 2 aromatic heterocycles. The summed E-state index contributed by atoms with van der Waals surface area (Å²) in [5.41, 5.74) is 4.53. The van der Waals surface area contributed by atoms with Crippen molar-refractivity contribution in [3.63, 3.8) is 0 Å². The summed E-state index contributed by atoms with van der Waals surface area (Å²) < 4.78 is 45.2. The van der Waals surface area contributed by atoms with Gasteiger partial charge in [-0.2, -0.15) is 13.2 Å². The number of ether oxygens (including phenoxy) is 1. The van der Waals surface area contributed by atoms with Crippen LogP contribution in [0.1, 0.15) is 24.0 Å². The predicted molar refractivity (Wildman–Crippen MR) is 127 cm³/mol. The number of nitrogens with two attached hydrogens (primary N) is 1. The molecule has 2 amide bonds. The lowest BCUT2D eigenvalue weighted by molar-refractivity contribution is -0.138. The van der Waals surface area contributed by atoms with Gasteiger partial charge in [0.1, 0.15) is 11.5 Å². The lowest BCUT2D eigenvalue weighted by Crippen LogP contribution is -2.50. The summed E-state index contributed by atoms with van der Waals surface area (Å²) in [5, 5.41) is 19.6. The molecule has 1 aliphatic rings. The molecular weight excluding hydrogens is 483 g/mol.